The molecule has 1 fully saturated rings. The molecule has 1 aliphatic rings. The predicted molar refractivity (Wildman–Crippen MR) is 92.3 cm³/mol. The lowest BCUT2D eigenvalue weighted by atomic mass is 10.0. The van der Waals surface area contributed by atoms with Gasteiger partial charge in [-0.2, -0.15) is 0 Å². The number of anilines is 1. The summed E-state index contributed by atoms with van der Waals surface area (Å²) in [5, 5.41) is 0.843. The summed E-state index contributed by atoms with van der Waals surface area (Å²) in [6.45, 7) is 8.76. The number of nitrogens with zero attached hydrogens (tertiary/aromatic N) is 2. The van der Waals surface area contributed by atoms with Crippen LogP contribution in [0.4, 0.5) is 5.69 Å². The van der Waals surface area contributed by atoms with Crippen LogP contribution in [0.5, 0.6) is 0 Å². The average molecular weight is 310 g/mol. The van der Waals surface area contributed by atoms with Crippen LogP contribution in [-0.4, -0.2) is 43.2 Å². The van der Waals surface area contributed by atoms with Gasteiger partial charge in [-0.1, -0.05) is 24.6 Å². The van der Waals surface area contributed by atoms with Crippen LogP contribution >= 0.6 is 11.6 Å². The second-order valence-electron chi connectivity index (χ2n) is 6.42. The van der Waals surface area contributed by atoms with Gasteiger partial charge in [-0.15, -0.1) is 0 Å². The zero-order valence-electron chi connectivity index (χ0n) is 13.6. The summed E-state index contributed by atoms with van der Waals surface area (Å²) in [5.41, 5.74) is 8.41. The molecule has 3 atom stereocenters. The second-order valence-corrected chi connectivity index (χ2v) is 6.82. The van der Waals surface area contributed by atoms with Gasteiger partial charge in [0.2, 0.25) is 0 Å². The van der Waals surface area contributed by atoms with E-state index in [2.05, 4.69) is 55.8 Å². The molecule has 0 aliphatic carbocycles. The van der Waals surface area contributed by atoms with Crippen LogP contribution in [0.1, 0.15) is 32.8 Å². The fourth-order valence-corrected chi connectivity index (χ4v) is 3.19. The van der Waals surface area contributed by atoms with Crippen LogP contribution in [0, 0.1) is 0 Å². The van der Waals surface area contributed by atoms with Crippen molar-refractivity contribution in [2.75, 3.05) is 25.0 Å². The first-order valence-corrected chi connectivity index (χ1v) is 8.31. The van der Waals surface area contributed by atoms with Crippen molar-refractivity contribution >= 4 is 17.3 Å². The maximum atomic E-state index is 6.46. The van der Waals surface area contributed by atoms with Crippen molar-refractivity contribution in [3.05, 3.63) is 28.8 Å². The minimum Gasteiger partial charge on any atom is -0.368 e. The first-order valence-electron chi connectivity index (χ1n) is 7.93. The number of rotatable bonds is 4. The van der Waals surface area contributed by atoms with E-state index in [1.54, 1.807) is 0 Å². The number of halogens is 1. The smallest absolute Gasteiger partial charge is 0.0459 e. The highest BCUT2D eigenvalue weighted by molar-refractivity contribution is 6.31. The van der Waals surface area contributed by atoms with E-state index in [1.807, 2.05) is 0 Å². The number of benzene rings is 1. The maximum absolute atomic E-state index is 6.46. The molecule has 0 bridgehead atoms. The minimum atomic E-state index is 0.192. The van der Waals surface area contributed by atoms with Crippen LogP contribution in [-0.2, 0) is 6.42 Å². The highest BCUT2D eigenvalue weighted by atomic mass is 35.5. The largest absolute Gasteiger partial charge is 0.368 e. The van der Waals surface area contributed by atoms with Crippen molar-refractivity contribution in [1.29, 1.82) is 0 Å². The average Bonchev–Trinajstić information content (AvgIpc) is 2.46. The van der Waals surface area contributed by atoms with Crippen molar-refractivity contribution in [2.45, 2.75) is 51.7 Å². The van der Waals surface area contributed by atoms with E-state index in [4.69, 9.17) is 17.3 Å². The van der Waals surface area contributed by atoms with Crippen molar-refractivity contribution < 1.29 is 0 Å². The molecule has 21 heavy (non-hydrogen) atoms. The van der Waals surface area contributed by atoms with Crippen LogP contribution in [0.15, 0.2) is 18.2 Å². The molecule has 2 N–H and O–H groups in total. The fourth-order valence-electron chi connectivity index (χ4n) is 2.94. The molecule has 1 heterocycles. The summed E-state index contributed by atoms with van der Waals surface area (Å²) in [4.78, 5) is 4.87. The van der Waals surface area contributed by atoms with E-state index in [0.29, 0.717) is 12.1 Å². The summed E-state index contributed by atoms with van der Waals surface area (Å²) in [6.07, 6.45) is 1.83. The SMILES string of the molecule is CCC(N)Cc1ccc(N2CC(C)N(C)C(C)C2)cc1Cl. The molecule has 1 aromatic carbocycles. The Morgan fingerprint density at radius 2 is 1.90 bits per heavy atom. The third-order valence-electron chi connectivity index (χ3n) is 4.77. The Kier molecular flexibility index (Phi) is 5.53. The standard InChI is InChI=1S/C17H28ClN3/c1-5-15(19)8-14-6-7-16(9-17(14)18)21-10-12(2)20(4)13(3)11-21/h6-7,9,12-13,15H,5,8,10-11,19H2,1-4H3. The van der Waals surface area contributed by atoms with Crippen LogP contribution in [0.2, 0.25) is 5.02 Å². The van der Waals surface area contributed by atoms with E-state index >= 15 is 0 Å². The molecule has 4 heteroatoms. The Morgan fingerprint density at radius 3 is 2.43 bits per heavy atom. The lowest BCUT2D eigenvalue weighted by Crippen LogP contribution is -2.55. The monoisotopic (exact) mass is 309 g/mol. The molecule has 1 saturated heterocycles. The summed E-state index contributed by atoms with van der Waals surface area (Å²) >= 11 is 6.46. The first kappa shape index (κ1) is 16.6. The quantitative estimate of drug-likeness (QED) is 0.927. The Balaban J connectivity index is 2.13. The maximum Gasteiger partial charge on any atom is 0.0459 e. The first-order chi connectivity index (χ1) is 9.92. The topological polar surface area (TPSA) is 32.5 Å². The van der Waals surface area contributed by atoms with Crippen molar-refractivity contribution in [3.8, 4) is 0 Å². The predicted octanol–water partition coefficient (Wildman–Crippen LogP) is 3.15. The summed E-state index contributed by atoms with van der Waals surface area (Å²) in [5.74, 6) is 0. The number of piperazine rings is 1. The molecule has 0 aromatic heterocycles. The molecule has 1 aliphatic heterocycles. The van der Waals surface area contributed by atoms with Gasteiger partial charge < -0.3 is 10.6 Å². The Morgan fingerprint density at radius 1 is 1.29 bits per heavy atom. The number of hydrogen-bond acceptors (Lipinski definition) is 3. The minimum absolute atomic E-state index is 0.192. The summed E-state index contributed by atoms with van der Waals surface area (Å²) in [6, 6.07) is 7.73. The van der Waals surface area contributed by atoms with E-state index in [9.17, 15) is 0 Å². The van der Waals surface area contributed by atoms with Crippen LogP contribution in [0.3, 0.4) is 0 Å². The van der Waals surface area contributed by atoms with Gasteiger partial charge >= 0.3 is 0 Å². The molecule has 0 amide bonds. The second kappa shape index (κ2) is 6.99. The van der Waals surface area contributed by atoms with Crippen molar-refractivity contribution in [2.24, 2.45) is 5.73 Å². The van der Waals surface area contributed by atoms with Crippen LogP contribution < -0.4 is 10.6 Å². The van der Waals surface area contributed by atoms with Gasteiger partial charge in [-0.25, -0.2) is 0 Å². The van der Waals surface area contributed by atoms with E-state index < -0.39 is 0 Å². The lowest BCUT2D eigenvalue weighted by Gasteiger charge is -2.43. The van der Waals surface area contributed by atoms with Gasteiger partial charge in [0.1, 0.15) is 0 Å². The Labute approximate surface area is 134 Å². The highest BCUT2D eigenvalue weighted by Gasteiger charge is 2.26. The van der Waals surface area contributed by atoms with Gasteiger partial charge in [0.15, 0.2) is 0 Å². The Bertz CT molecular complexity index is 465. The van der Waals surface area contributed by atoms with Gasteiger partial charge in [-0.3, -0.25) is 4.90 Å². The molecule has 0 spiro atoms. The third kappa shape index (κ3) is 3.91. The zero-order valence-corrected chi connectivity index (χ0v) is 14.4. The van der Waals surface area contributed by atoms with Gasteiger partial charge in [0, 0.05) is 41.9 Å². The van der Waals surface area contributed by atoms with Crippen molar-refractivity contribution in [1.82, 2.24) is 4.90 Å². The van der Waals surface area contributed by atoms with Gasteiger partial charge in [-0.05, 0) is 51.4 Å². The zero-order chi connectivity index (χ0) is 15.6. The molecule has 2 rings (SSSR count). The number of hydrogen-bond donors (Lipinski definition) is 1. The molecule has 3 nitrogen and oxygen atoms in total. The third-order valence-corrected chi connectivity index (χ3v) is 5.12. The number of nitrogens with two attached hydrogens (primary N) is 1. The normalized spacial score (nSPS) is 25.1. The molecule has 1 aromatic rings. The van der Waals surface area contributed by atoms with Crippen LogP contribution in [0.25, 0.3) is 0 Å². The fraction of sp³-hybridized carbons (Fsp3) is 0.647. The lowest BCUT2D eigenvalue weighted by molar-refractivity contribution is 0.170. The van der Waals surface area contributed by atoms with Crippen molar-refractivity contribution in [3.63, 3.8) is 0 Å². The Hall–Kier alpha value is -0.770. The number of likely N-dealkylation sites (N-methyl/N-ethyl adjacent to an activating group) is 1. The van der Waals surface area contributed by atoms with Gasteiger partial charge in [0.05, 0.1) is 0 Å². The van der Waals surface area contributed by atoms with Gasteiger partial charge in [0.25, 0.3) is 0 Å². The van der Waals surface area contributed by atoms with E-state index in [1.165, 1.54) is 5.69 Å². The van der Waals surface area contributed by atoms with E-state index in [0.717, 1.165) is 36.5 Å². The molecule has 0 saturated carbocycles. The summed E-state index contributed by atoms with van der Waals surface area (Å²) in [7, 11) is 2.20. The molecular weight excluding hydrogens is 282 g/mol. The molecule has 3 unspecified atom stereocenters. The highest BCUT2D eigenvalue weighted by Crippen LogP contribution is 2.27. The molecular formula is C17H28ClN3. The molecule has 0 radical (unpaired) electrons. The molecule has 118 valence electrons. The summed E-state index contributed by atoms with van der Waals surface area (Å²) < 4.78 is 0. The van der Waals surface area contributed by atoms with E-state index in [-0.39, 0.29) is 6.04 Å².